The summed E-state index contributed by atoms with van der Waals surface area (Å²) in [5.41, 5.74) is 4.63. The fraction of sp³-hybridized carbons (Fsp3) is 0.0968. The Morgan fingerprint density at radius 2 is 1.55 bits per heavy atom. The number of aromatic nitrogens is 2. The second-order valence-corrected chi connectivity index (χ2v) is 9.84. The molecule has 7 heteroatoms. The first-order valence-electron chi connectivity index (χ1n) is 12.1. The molecule has 188 valence electrons. The molecule has 1 heterocycles. The number of rotatable bonds is 7. The monoisotopic (exact) mass is 519 g/mol. The molecule has 0 saturated carbocycles. The van der Waals surface area contributed by atoms with E-state index in [4.69, 9.17) is 4.98 Å². The van der Waals surface area contributed by atoms with E-state index in [-0.39, 0.29) is 23.0 Å². The lowest BCUT2D eigenvalue weighted by molar-refractivity contribution is -0.113. The first kappa shape index (κ1) is 25.2. The summed E-state index contributed by atoms with van der Waals surface area (Å²) in [5, 5.41) is 3.79. The van der Waals surface area contributed by atoms with Crippen LogP contribution in [0.1, 0.15) is 27.0 Å². The van der Waals surface area contributed by atoms with Gasteiger partial charge in [0.1, 0.15) is 0 Å². The molecule has 5 rings (SSSR count). The Morgan fingerprint density at radius 1 is 0.842 bits per heavy atom. The third kappa shape index (κ3) is 5.14. The number of ketones is 1. The number of hydrogen-bond donors (Lipinski definition) is 1. The normalized spacial score (nSPS) is 10.9. The summed E-state index contributed by atoms with van der Waals surface area (Å²) in [7, 11) is 0. The summed E-state index contributed by atoms with van der Waals surface area (Å²) in [5.74, 6) is -0.477. The van der Waals surface area contributed by atoms with Crippen LogP contribution in [0.25, 0.3) is 16.6 Å². The van der Waals surface area contributed by atoms with E-state index in [0.717, 1.165) is 11.1 Å². The molecule has 6 nitrogen and oxygen atoms in total. The highest BCUT2D eigenvalue weighted by Crippen LogP contribution is 2.24. The van der Waals surface area contributed by atoms with Crippen molar-refractivity contribution in [1.29, 1.82) is 0 Å². The minimum atomic E-state index is -0.308. The number of aryl methyl sites for hydroxylation is 2. The van der Waals surface area contributed by atoms with E-state index in [2.05, 4.69) is 5.32 Å². The van der Waals surface area contributed by atoms with Gasteiger partial charge in [-0.2, -0.15) is 0 Å². The number of hydrogen-bond acceptors (Lipinski definition) is 5. The number of carbonyl (C=O) groups is 2. The van der Waals surface area contributed by atoms with Crippen molar-refractivity contribution >= 4 is 40.0 Å². The van der Waals surface area contributed by atoms with Gasteiger partial charge in [-0.25, -0.2) is 4.98 Å². The molecular weight excluding hydrogens is 494 g/mol. The molecule has 1 aromatic heterocycles. The van der Waals surface area contributed by atoms with Gasteiger partial charge in [-0.05, 0) is 61.4 Å². The molecule has 0 atom stereocenters. The van der Waals surface area contributed by atoms with Gasteiger partial charge in [0.2, 0.25) is 5.91 Å². The largest absolute Gasteiger partial charge is 0.325 e. The maximum atomic E-state index is 13.5. The van der Waals surface area contributed by atoms with Gasteiger partial charge in [-0.15, -0.1) is 0 Å². The number of thioether (sulfide) groups is 1. The zero-order valence-electron chi connectivity index (χ0n) is 21.0. The minimum absolute atomic E-state index is 0.00346. The third-order valence-electron chi connectivity index (χ3n) is 6.31. The Balaban J connectivity index is 1.43. The van der Waals surface area contributed by atoms with Crippen LogP contribution in [0.4, 0.5) is 5.69 Å². The van der Waals surface area contributed by atoms with Gasteiger partial charge in [0.05, 0.1) is 28.0 Å². The summed E-state index contributed by atoms with van der Waals surface area (Å²) >= 11 is 1.17. The van der Waals surface area contributed by atoms with Gasteiger partial charge in [0.15, 0.2) is 10.9 Å². The first-order valence-corrected chi connectivity index (χ1v) is 13.1. The van der Waals surface area contributed by atoms with Crippen LogP contribution >= 0.6 is 11.8 Å². The predicted molar refractivity (Wildman–Crippen MR) is 152 cm³/mol. The van der Waals surface area contributed by atoms with Crippen molar-refractivity contribution in [2.75, 3.05) is 11.1 Å². The second-order valence-electron chi connectivity index (χ2n) is 8.90. The average Bonchev–Trinajstić information content (AvgIpc) is 2.94. The second kappa shape index (κ2) is 10.9. The van der Waals surface area contributed by atoms with Gasteiger partial charge >= 0.3 is 0 Å². The molecule has 0 aliphatic rings. The number of anilines is 1. The van der Waals surface area contributed by atoms with Gasteiger partial charge < -0.3 is 5.32 Å². The average molecular weight is 520 g/mol. The van der Waals surface area contributed by atoms with Crippen LogP contribution in [-0.4, -0.2) is 27.0 Å². The van der Waals surface area contributed by atoms with E-state index in [1.165, 1.54) is 11.8 Å². The topological polar surface area (TPSA) is 81.1 Å². The standard InChI is InChI=1S/C31H25N3O3S/c1-20-16-17-23(18-21(20)2)34-30(37)25-13-7-9-15-27(25)33-31(34)38-19-28(35)32-26-14-8-6-12-24(26)29(36)22-10-4-3-5-11-22/h3-18H,19H2,1-2H3,(H,32,35). The quantitative estimate of drug-likeness (QED) is 0.163. The van der Waals surface area contributed by atoms with E-state index in [1.807, 2.05) is 50.2 Å². The molecule has 1 N–H and O–H groups in total. The number of benzene rings is 4. The van der Waals surface area contributed by atoms with E-state index in [9.17, 15) is 14.4 Å². The smallest absolute Gasteiger partial charge is 0.266 e. The lowest BCUT2D eigenvalue weighted by Crippen LogP contribution is -2.23. The molecule has 0 aliphatic heterocycles. The predicted octanol–water partition coefficient (Wildman–Crippen LogP) is 5.96. The van der Waals surface area contributed by atoms with Gasteiger partial charge in [-0.1, -0.05) is 72.4 Å². The molecule has 0 aliphatic carbocycles. The Bertz CT molecular complexity index is 1730. The first-order chi connectivity index (χ1) is 18.4. The summed E-state index contributed by atoms with van der Waals surface area (Å²) < 4.78 is 1.56. The molecule has 0 radical (unpaired) electrons. The van der Waals surface area contributed by atoms with E-state index < -0.39 is 0 Å². The maximum absolute atomic E-state index is 13.5. The van der Waals surface area contributed by atoms with Gasteiger partial charge in [0.25, 0.3) is 5.56 Å². The van der Waals surface area contributed by atoms with Crippen LogP contribution in [0.5, 0.6) is 0 Å². The van der Waals surface area contributed by atoms with Crippen molar-refractivity contribution in [2.24, 2.45) is 0 Å². The van der Waals surface area contributed by atoms with Crippen molar-refractivity contribution in [3.05, 3.63) is 130 Å². The zero-order chi connectivity index (χ0) is 26.6. The molecule has 38 heavy (non-hydrogen) atoms. The number of amides is 1. The number of para-hydroxylation sites is 2. The molecule has 0 spiro atoms. The van der Waals surface area contributed by atoms with Crippen LogP contribution in [0.15, 0.2) is 107 Å². The molecule has 1 amide bonds. The molecule has 0 fully saturated rings. The van der Waals surface area contributed by atoms with Crippen molar-refractivity contribution in [3.63, 3.8) is 0 Å². The van der Waals surface area contributed by atoms with Crippen molar-refractivity contribution in [1.82, 2.24) is 9.55 Å². The van der Waals surface area contributed by atoms with Crippen molar-refractivity contribution < 1.29 is 9.59 Å². The van der Waals surface area contributed by atoms with Crippen molar-refractivity contribution in [3.8, 4) is 5.69 Å². The SMILES string of the molecule is Cc1ccc(-n2c(SCC(=O)Nc3ccccc3C(=O)c3ccccc3)nc3ccccc3c2=O)cc1C. The Labute approximate surface area is 224 Å². The maximum Gasteiger partial charge on any atom is 0.266 e. The third-order valence-corrected chi connectivity index (χ3v) is 7.25. The highest BCUT2D eigenvalue weighted by Gasteiger charge is 2.18. The number of nitrogens with one attached hydrogen (secondary N) is 1. The Kier molecular flexibility index (Phi) is 7.20. The van der Waals surface area contributed by atoms with Gasteiger partial charge in [-0.3, -0.25) is 19.0 Å². The molecule has 0 saturated heterocycles. The fourth-order valence-corrected chi connectivity index (χ4v) is 4.97. The number of carbonyl (C=O) groups excluding carboxylic acids is 2. The van der Waals surface area contributed by atoms with Crippen LogP contribution < -0.4 is 10.9 Å². The lowest BCUT2D eigenvalue weighted by atomic mass is 10.0. The van der Waals surface area contributed by atoms with E-state index >= 15 is 0 Å². The Hall–Kier alpha value is -4.49. The highest BCUT2D eigenvalue weighted by atomic mass is 32.2. The minimum Gasteiger partial charge on any atom is -0.325 e. The van der Waals surface area contributed by atoms with E-state index in [1.54, 1.807) is 65.2 Å². The summed E-state index contributed by atoms with van der Waals surface area (Å²) in [4.78, 5) is 44.3. The van der Waals surface area contributed by atoms with Crippen molar-refractivity contribution in [2.45, 2.75) is 19.0 Å². The summed E-state index contributed by atoms with van der Waals surface area (Å²) in [6, 6.07) is 28.9. The molecule has 4 aromatic carbocycles. The Morgan fingerprint density at radius 3 is 2.34 bits per heavy atom. The molecule has 0 bridgehead atoms. The number of nitrogens with zero attached hydrogens (tertiary/aromatic N) is 2. The van der Waals surface area contributed by atoms with Crippen LogP contribution in [0.2, 0.25) is 0 Å². The highest BCUT2D eigenvalue weighted by molar-refractivity contribution is 7.99. The van der Waals surface area contributed by atoms with Gasteiger partial charge in [0, 0.05) is 11.1 Å². The van der Waals surface area contributed by atoms with E-state index in [0.29, 0.717) is 38.6 Å². The lowest BCUT2D eigenvalue weighted by Gasteiger charge is -2.15. The molecule has 5 aromatic rings. The summed E-state index contributed by atoms with van der Waals surface area (Å²) in [6.45, 7) is 4.01. The summed E-state index contributed by atoms with van der Waals surface area (Å²) in [6.07, 6.45) is 0. The fourth-order valence-electron chi connectivity index (χ4n) is 4.15. The molecule has 0 unspecified atom stereocenters. The number of fused-ring (bicyclic) bond motifs is 1. The zero-order valence-corrected chi connectivity index (χ0v) is 21.8. The van der Waals surface area contributed by atoms with Crippen LogP contribution in [0, 0.1) is 13.8 Å². The molecular formula is C31H25N3O3S. The van der Waals surface area contributed by atoms with Crippen LogP contribution in [0.3, 0.4) is 0 Å². The van der Waals surface area contributed by atoms with Crippen LogP contribution in [-0.2, 0) is 4.79 Å².